The van der Waals surface area contributed by atoms with Crippen molar-refractivity contribution in [3.05, 3.63) is 53.0 Å². The number of rotatable bonds is 3. The second kappa shape index (κ2) is 4.88. The van der Waals surface area contributed by atoms with Crippen molar-refractivity contribution < 1.29 is 0 Å². The minimum Gasteiger partial charge on any atom is -0.289 e. The van der Waals surface area contributed by atoms with Crippen molar-refractivity contribution in [1.29, 1.82) is 0 Å². The monoisotopic (exact) mass is 269 g/mol. The molecule has 0 spiro atoms. The Labute approximate surface area is 115 Å². The van der Waals surface area contributed by atoms with Gasteiger partial charge in [0.1, 0.15) is 6.33 Å². The Bertz CT molecular complexity index is 804. The first kappa shape index (κ1) is 12.5. The summed E-state index contributed by atoms with van der Waals surface area (Å²) in [5, 5.41) is 4.71. The van der Waals surface area contributed by atoms with Crippen LogP contribution in [-0.2, 0) is 7.05 Å². The zero-order valence-corrected chi connectivity index (χ0v) is 11.4. The molecule has 0 radical (unpaired) electrons. The van der Waals surface area contributed by atoms with Gasteiger partial charge < -0.3 is 0 Å². The molecule has 3 heterocycles. The van der Waals surface area contributed by atoms with E-state index in [1.165, 1.54) is 0 Å². The van der Waals surface area contributed by atoms with Gasteiger partial charge in [0.15, 0.2) is 5.65 Å². The normalized spacial score (nSPS) is 12.7. The van der Waals surface area contributed by atoms with Gasteiger partial charge in [0.25, 0.3) is 5.56 Å². The molecule has 3 rings (SSSR count). The molecular formula is C14H15N5O. The molecule has 0 aliphatic carbocycles. The molecule has 1 atom stereocenters. The summed E-state index contributed by atoms with van der Waals surface area (Å²) in [6.45, 7) is 2.04. The highest BCUT2D eigenvalue weighted by atomic mass is 16.1. The van der Waals surface area contributed by atoms with E-state index >= 15 is 0 Å². The molecule has 0 fully saturated rings. The molecule has 0 saturated carbocycles. The third-order valence-electron chi connectivity index (χ3n) is 3.48. The van der Waals surface area contributed by atoms with Gasteiger partial charge in [-0.1, -0.05) is 6.92 Å². The fourth-order valence-electron chi connectivity index (χ4n) is 2.46. The second-order valence-corrected chi connectivity index (χ2v) is 4.64. The molecule has 0 unspecified atom stereocenters. The van der Waals surface area contributed by atoms with Crippen molar-refractivity contribution in [1.82, 2.24) is 24.3 Å². The molecule has 3 aromatic rings. The largest absolute Gasteiger partial charge is 0.289 e. The predicted octanol–water partition coefficient (Wildman–Crippen LogP) is 1.52. The number of pyridine rings is 1. The average molecular weight is 269 g/mol. The van der Waals surface area contributed by atoms with Gasteiger partial charge in [-0.2, -0.15) is 5.10 Å². The lowest BCUT2D eigenvalue weighted by Crippen LogP contribution is -2.27. The van der Waals surface area contributed by atoms with Gasteiger partial charge in [-0.3, -0.25) is 14.0 Å². The molecule has 3 aromatic heterocycles. The van der Waals surface area contributed by atoms with Crippen LogP contribution in [0, 0.1) is 0 Å². The van der Waals surface area contributed by atoms with E-state index in [2.05, 4.69) is 15.1 Å². The van der Waals surface area contributed by atoms with E-state index < -0.39 is 0 Å². The summed E-state index contributed by atoms with van der Waals surface area (Å²) in [5.74, 6) is 0. The zero-order chi connectivity index (χ0) is 14.1. The van der Waals surface area contributed by atoms with Crippen LogP contribution in [0.4, 0.5) is 0 Å². The molecule has 0 aliphatic heterocycles. The van der Waals surface area contributed by atoms with Gasteiger partial charge in [-0.05, 0) is 24.6 Å². The Morgan fingerprint density at radius 1 is 1.25 bits per heavy atom. The Balaban J connectivity index is 2.21. The molecule has 20 heavy (non-hydrogen) atoms. The maximum atomic E-state index is 12.6. The Morgan fingerprint density at radius 2 is 2.10 bits per heavy atom. The zero-order valence-electron chi connectivity index (χ0n) is 11.4. The maximum Gasteiger partial charge on any atom is 0.263 e. The Morgan fingerprint density at radius 3 is 2.80 bits per heavy atom. The van der Waals surface area contributed by atoms with Gasteiger partial charge in [0.05, 0.1) is 17.1 Å². The van der Waals surface area contributed by atoms with E-state index in [4.69, 9.17) is 0 Å². The topological polar surface area (TPSA) is 65.6 Å². The van der Waals surface area contributed by atoms with E-state index in [0.29, 0.717) is 11.0 Å². The summed E-state index contributed by atoms with van der Waals surface area (Å²) in [6.07, 6.45) is 5.72. The van der Waals surface area contributed by atoms with Crippen LogP contribution in [0.25, 0.3) is 11.0 Å². The third kappa shape index (κ3) is 1.89. The van der Waals surface area contributed by atoms with E-state index in [1.54, 1.807) is 40.1 Å². The van der Waals surface area contributed by atoms with E-state index in [-0.39, 0.29) is 11.6 Å². The van der Waals surface area contributed by atoms with Crippen molar-refractivity contribution >= 4 is 11.0 Å². The highest BCUT2D eigenvalue weighted by molar-refractivity contribution is 5.72. The van der Waals surface area contributed by atoms with Crippen LogP contribution >= 0.6 is 0 Å². The lowest BCUT2D eigenvalue weighted by molar-refractivity contribution is 0.502. The van der Waals surface area contributed by atoms with Gasteiger partial charge in [0, 0.05) is 19.4 Å². The quantitative estimate of drug-likeness (QED) is 0.723. The summed E-state index contributed by atoms with van der Waals surface area (Å²) in [4.78, 5) is 21.0. The van der Waals surface area contributed by atoms with Crippen molar-refractivity contribution in [3.63, 3.8) is 0 Å². The molecule has 0 amide bonds. The van der Waals surface area contributed by atoms with Crippen LogP contribution in [-0.4, -0.2) is 24.3 Å². The summed E-state index contributed by atoms with van der Waals surface area (Å²) in [7, 11) is 1.87. The smallest absolute Gasteiger partial charge is 0.263 e. The third-order valence-corrected chi connectivity index (χ3v) is 3.48. The van der Waals surface area contributed by atoms with Crippen molar-refractivity contribution in [2.24, 2.45) is 7.05 Å². The second-order valence-electron chi connectivity index (χ2n) is 4.64. The van der Waals surface area contributed by atoms with Gasteiger partial charge >= 0.3 is 0 Å². The van der Waals surface area contributed by atoms with Crippen LogP contribution < -0.4 is 5.56 Å². The number of hydrogen-bond donors (Lipinski definition) is 0. The first-order chi connectivity index (χ1) is 9.72. The van der Waals surface area contributed by atoms with Crippen LogP contribution in [0.15, 0.2) is 41.7 Å². The summed E-state index contributed by atoms with van der Waals surface area (Å²) >= 11 is 0. The van der Waals surface area contributed by atoms with E-state index in [0.717, 1.165) is 12.1 Å². The number of aryl methyl sites for hydroxylation is 1. The van der Waals surface area contributed by atoms with Crippen LogP contribution in [0.2, 0.25) is 0 Å². The highest BCUT2D eigenvalue weighted by Crippen LogP contribution is 2.19. The lowest BCUT2D eigenvalue weighted by atomic mass is 10.1. The molecule has 102 valence electrons. The summed E-state index contributed by atoms with van der Waals surface area (Å²) in [6, 6.07) is 5.35. The Hall–Kier alpha value is -2.50. The molecule has 6 heteroatoms. The van der Waals surface area contributed by atoms with Gasteiger partial charge in [-0.15, -0.1) is 0 Å². The van der Waals surface area contributed by atoms with Gasteiger partial charge in [-0.25, -0.2) is 9.97 Å². The Kier molecular flexibility index (Phi) is 3.06. The minimum absolute atomic E-state index is 0.0730. The molecule has 0 aliphatic rings. The van der Waals surface area contributed by atoms with Crippen LogP contribution in [0.1, 0.15) is 25.1 Å². The van der Waals surface area contributed by atoms with Crippen LogP contribution in [0.3, 0.4) is 0 Å². The molecule has 0 aromatic carbocycles. The highest BCUT2D eigenvalue weighted by Gasteiger charge is 2.17. The lowest BCUT2D eigenvalue weighted by Gasteiger charge is -2.18. The maximum absolute atomic E-state index is 12.6. The van der Waals surface area contributed by atoms with Crippen LogP contribution in [0.5, 0.6) is 0 Å². The van der Waals surface area contributed by atoms with Crippen molar-refractivity contribution in [3.8, 4) is 0 Å². The molecule has 0 saturated heterocycles. The standard InChI is InChI=1S/C14H15N5O/c1-3-11(12-6-8-17-18(12)2)19-9-16-13-10(14(19)20)5-4-7-15-13/h4-9,11H,3H2,1-2H3/t11-/m1/s1. The van der Waals surface area contributed by atoms with E-state index in [1.807, 2.05) is 20.0 Å². The number of hydrogen-bond acceptors (Lipinski definition) is 4. The molecule has 0 N–H and O–H groups in total. The number of fused-ring (bicyclic) bond motifs is 1. The minimum atomic E-state index is -0.0768. The summed E-state index contributed by atoms with van der Waals surface area (Å²) < 4.78 is 3.44. The SMILES string of the molecule is CC[C@H](c1ccnn1C)n1cnc2ncccc2c1=O. The molecular weight excluding hydrogens is 254 g/mol. The predicted molar refractivity (Wildman–Crippen MR) is 75.4 cm³/mol. The van der Waals surface area contributed by atoms with Crippen molar-refractivity contribution in [2.75, 3.05) is 0 Å². The van der Waals surface area contributed by atoms with E-state index in [9.17, 15) is 4.79 Å². The van der Waals surface area contributed by atoms with Gasteiger partial charge in [0.2, 0.25) is 0 Å². The average Bonchev–Trinajstić information content (AvgIpc) is 2.89. The first-order valence-electron chi connectivity index (χ1n) is 6.52. The fraction of sp³-hybridized carbons (Fsp3) is 0.286. The molecule has 0 bridgehead atoms. The fourth-order valence-corrected chi connectivity index (χ4v) is 2.46. The summed E-state index contributed by atoms with van der Waals surface area (Å²) in [5.41, 5.74) is 1.39. The number of nitrogens with zero attached hydrogens (tertiary/aromatic N) is 5. The first-order valence-corrected chi connectivity index (χ1v) is 6.52. The van der Waals surface area contributed by atoms with Crippen molar-refractivity contribution in [2.45, 2.75) is 19.4 Å². The number of aromatic nitrogens is 5. The molecule has 6 nitrogen and oxygen atoms in total.